The van der Waals surface area contributed by atoms with Gasteiger partial charge in [0.15, 0.2) is 9.80 Å². The van der Waals surface area contributed by atoms with E-state index in [0.717, 1.165) is 17.0 Å². The molecule has 7 nitrogen and oxygen atoms in total. The molecule has 0 radical (unpaired) electrons. The van der Waals surface area contributed by atoms with Crippen molar-refractivity contribution in [3.05, 3.63) is 32.7 Å². The Balaban J connectivity index is 2.37. The molecule has 0 atom stereocenters. The molecule has 2 rings (SSSR count). The second-order valence-corrected chi connectivity index (χ2v) is 5.54. The third-order valence-corrected chi connectivity index (χ3v) is 3.79. The van der Waals surface area contributed by atoms with Crippen LogP contribution >= 0.6 is 34.5 Å². The van der Waals surface area contributed by atoms with Gasteiger partial charge in [0.25, 0.3) is 0 Å². The number of aryl methyl sites for hydroxylation is 1. The van der Waals surface area contributed by atoms with Crippen LogP contribution < -0.4 is 10.0 Å². The van der Waals surface area contributed by atoms with Gasteiger partial charge in [-0.05, 0) is 19.1 Å². The monoisotopic (exact) mass is 333 g/mol. The van der Waals surface area contributed by atoms with Crippen molar-refractivity contribution >= 4 is 50.9 Å². The summed E-state index contributed by atoms with van der Waals surface area (Å²) < 4.78 is 0. The summed E-state index contributed by atoms with van der Waals surface area (Å²) in [6, 6.07) is 2.61. The van der Waals surface area contributed by atoms with Crippen molar-refractivity contribution in [1.29, 1.82) is 5.41 Å². The number of nitrogens with one attached hydrogen (secondary N) is 2. The molecular weight excluding hydrogens is 325 g/mol. The summed E-state index contributed by atoms with van der Waals surface area (Å²) in [5.74, 6) is 0. The van der Waals surface area contributed by atoms with E-state index in [0.29, 0.717) is 5.00 Å². The van der Waals surface area contributed by atoms with E-state index in [4.69, 9.17) is 39.0 Å². The zero-order valence-electron chi connectivity index (χ0n) is 10.1. The number of nitrogens with zero attached hydrogens (tertiary/aromatic N) is 3. The van der Waals surface area contributed by atoms with Crippen molar-refractivity contribution in [2.75, 3.05) is 5.23 Å². The topological polar surface area (TPSA) is 108 Å². The third kappa shape index (κ3) is 3.17. The molecular formula is C10H9Cl2N5O2S. The van der Waals surface area contributed by atoms with E-state index in [1.54, 1.807) is 6.92 Å². The number of H-pyrrole nitrogens is 1. The molecule has 0 amide bonds. The van der Waals surface area contributed by atoms with E-state index in [-0.39, 0.29) is 31.4 Å². The van der Waals surface area contributed by atoms with Gasteiger partial charge in [-0.15, -0.1) is 15.5 Å². The first kappa shape index (κ1) is 14.9. The van der Waals surface area contributed by atoms with Crippen molar-refractivity contribution in [3.8, 4) is 0 Å². The summed E-state index contributed by atoms with van der Waals surface area (Å²) >= 11 is 12.9. The van der Waals surface area contributed by atoms with E-state index < -0.39 is 0 Å². The van der Waals surface area contributed by atoms with Crippen molar-refractivity contribution in [3.63, 3.8) is 0 Å². The Morgan fingerprint density at radius 1 is 1.25 bits per heavy atom. The zero-order chi connectivity index (χ0) is 14.9. The minimum atomic E-state index is -0.125. The summed E-state index contributed by atoms with van der Waals surface area (Å²) in [4.78, 5) is 3.06. The lowest BCUT2D eigenvalue weighted by molar-refractivity contribution is 0.0292. The maximum absolute atomic E-state index is 8.94. The molecule has 106 valence electrons. The average molecular weight is 334 g/mol. The normalized spacial score (nSPS) is 11.2. The Labute approximate surface area is 127 Å². The Morgan fingerprint density at radius 3 is 2.50 bits per heavy atom. The van der Waals surface area contributed by atoms with E-state index in [1.165, 1.54) is 12.1 Å². The molecule has 0 aliphatic heterocycles. The van der Waals surface area contributed by atoms with Gasteiger partial charge in [0.2, 0.25) is 0 Å². The van der Waals surface area contributed by atoms with Gasteiger partial charge < -0.3 is 4.98 Å². The van der Waals surface area contributed by atoms with Crippen LogP contribution in [0.25, 0.3) is 0 Å². The highest BCUT2D eigenvalue weighted by Gasteiger charge is 2.11. The SMILES string of the molecule is Cc1[nH]c(=N)sc1/N=N/c1cc(Cl)c(N(O)O)cc1Cl. The minimum absolute atomic E-state index is 0.0593. The predicted molar refractivity (Wildman–Crippen MR) is 76.0 cm³/mol. The lowest BCUT2D eigenvalue weighted by Crippen LogP contribution is -2.11. The van der Waals surface area contributed by atoms with Gasteiger partial charge in [-0.25, -0.2) is 0 Å². The highest BCUT2D eigenvalue weighted by atomic mass is 35.5. The Bertz CT molecular complexity index is 725. The smallest absolute Gasteiger partial charge is 0.181 e. The number of hydrogen-bond acceptors (Lipinski definition) is 7. The quantitative estimate of drug-likeness (QED) is 0.499. The molecule has 0 saturated heterocycles. The van der Waals surface area contributed by atoms with Crippen LogP contribution in [-0.2, 0) is 0 Å². The standard InChI is InChI=1S/C10H9Cl2N5O2S/c1-4-9(20-10(13)14-4)16-15-7-2-6(12)8(17(18)19)3-5(7)11/h2-3,18-19H,1H3,(H2,13,14)/b16-15+. The van der Waals surface area contributed by atoms with Crippen LogP contribution in [0.1, 0.15) is 5.69 Å². The van der Waals surface area contributed by atoms with E-state index >= 15 is 0 Å². The van der Waals surface area contributed by atoms with Gasteiger partial charge in [-0.1, -0.05) is 34.5 Å². The number of benzene rings is 1. The molecule has 2 aromatic rings. The summed E-state index contributed by atoms with van der Waals surface area (Å²) in [6.45, 7) is 1.77. The molecule has 0 aliphatic carbocycles. The molecule has 0 saturated carbocycles. The van der Waals surface area contributed by atoms with Crippen molar-refractivity contribution in [2.24, 2.45) is 10.2 Å². The summed E-state index contributed by atoms with van der Waals surface area (Å²) in [5, 5.41) is 33.9. The molecule has 1 aromatic carbocycles. The lowest BCUT2D eigenvalue weighted by Gasteiger charge is -2.10. The molecule has 0 aliphatic rings. The fourth-order valence-corrected chi connectivity index (χ4v) is 2.49. The van der Waals surface area contributed by atoms with E-state index in [2.05, 4.69) is 15.2 Å². The Morgan fingerprint density at radius 2 is 1.95 bits per heavy atom. The Kier molecular flexibility index (Phi) is 4.41. The number of hydrogen-bond donors (Lipinski definition) is 4. The maximum atomic E-state index is 8.94. The molecule has 0 unspecified atom stereocenters. The van der Waals surface area contributed by atoms with Crippen molar-refractivity contribution < 1.29 is 10.4 Å². The molecule has 0 spiro atoms. The molecule has 1 aromatic heterocycles. The Hall–Kier alpha value is -1.45. The molecule has 20 heavy (non-hydrogen) atoms. The average Bonchev–Trinajstić information content (AvgIpc) is 2.68. The second kappa shape index (κ2) is 5.90. The van der Waals surface area contributed by atoms with Gasteiger partial charge in [-0.2, -0.15) is 0 Å². The van der Waals surface area contributed by atoms with Crippen LogP contribution in [0.2, 0.25) is 10.0 Å². The third-order valence-electron chi connectivity index (χ3n) is 2.30. The van der Waals surface area contributed by atoms with Crippen LogP contribution in [0.5, 0.6) is 0 Å². The highest BCUT2D eigenvalue weighted by Crippen LogP contribution is 2.36. The maximum Gasteiger partial charge on any atom is 0.181 e. The van der Waals surface area contributed by atoms with Crippen LogP contribution in [0.4, 0.5) is 16.4 Å². The van der Waals surface area contributed by atoms with Crippen LogP contribution in [-0.4, -0.2) is 15.4 Å². The van der Waals surface area contributed by atoms with Crippen LogP contribution in [0.3, 0.4) is 0 Å². The molecule has 1 heterocycles. The number of anilines is 1. The number of rotatable bonds is 3. The van der Waals surface area contributed by atoms with E-state index in [1.807, 2.05) is 0 Å². The highest BCUT2D eigenvalue weighted by molar-refractivity contribution is 7.13. The molecule has 10 heteroatoms. The van der Waals surface area contributed by atoms with E-state index in [9.17, 15) is 0 Å². The number of aromatic nitrogens is 1. The second-order valence-electron chi connectivity index (χ2n) is 3.73. The summed E-state index contributed by atoms with van der Waals surface area (Å²) in [5.41, 5.74) is 0.936. The fourth-order valence-electron chi connectivity index (χ4n) is 1.37. The molecule has 0 fully saturated rings. The van der Waals surface area contributed by atoms with Crippen molar-refractivity contribution in [2.45, 2.75) is 6.92 Å². The minimum Gasteiger partial charge on any atom is -0.333 e. The zero-order valence-corrected chi connectivity index (χ0v) is 12.4. The van der Waals surface area contributed by atoms with Crippen LogP contribution in [0.15, 0.2) is 22.4 Å². The van der Waals surface area contributed by atoms with Crippen molar-refractivity contribution in [1.82, 2.24) is 4.98 Å². The number of aromatic amines is 1. The lowest BCUT2D eigenvalue weighted by atomic mass is 10.3. The first-order valence-corrected chi connectivity index (χ1v) is 6.78. The molecule has 4 N–H and O–H groups in total. The van der Waals surface area contributed by atoms with Gasteiger partial charge in [0, 0.05) is 0 Å². The first-order chi connectivity index (χ1) is 9.38. The molecule has 0 bridgehead atoms. The first-order valence-electron chi connectivity index (χ1n) is 5.21. The van der Waals surface area contributed by atoms with Gasteiger partial charge in [0.05, 0.1) is 15.7 Å². The number of halogens is 2. The number of azo groups is 1. The number of thiazole rings is 1. The predicted octanol–water partition coefficient (Wildman–Crippen LogP) is 4.17. The van der Waals surface area contributed by atoms with Crippen LogP contribution in [0, 0.1) is 12.3 Å². The fraction of sp³-hybridized carbons (Fsp3) is 0.100. The van der Waals surface area contributed by atoms with Gasteiger partial charge in [-0.3, -0.25) is 15.8 Å². The summed E-state index contributed by atoms with van der Waals surface area (Å²) in [6.07, 6.45) is 0. The summed E-state index contributed by atoms with van der Waals surface area (Å²) in [7, 11) is 0. The van der Waals surface area contributed by atoms with Gasteiger partial charge >= 0.3 is 0 Å². The largest absolute Gasteiger partial charge is 0.333 e. The van der Waals surface area contributed by atoms with Gasteiger partial charge in [0.1, 0.15) is 11.4 Å².